The first-order valence-electron chi connectivity index (χ1n) is 5.39. The van der Waals surface area contributed by atoms with Crippen molar-refractivity contribution in [3.05, 3.63) is 0 Å². The average Bonchev–Trinajstić information content (AvgIpc) is 2.56. The zero-order valence-electron chi connectivity index (χ0n) is 8.45. The lowest BCUT2D eigenvalue weighted by atomic mass is 9.85. The Labute approximate surface area is 83.5 Å². The number of rotatable bonds is 0. The molecule has 3 heterocycles. The molecule has 1 amide bonds. The molecule has 4 heteroatoms. The van der Waals surface area contributed by atoms with Crippen molar-refractivity contribution in [2.24, 2.45) is 0 Å². The topological polar surface area (TPSA) is 41.6 Å². The molecule has 3 saturated heterocycles. The molecule has 78 valence electrons. The summed E-state index contributed by atoms with van der Waals surface area (Å²) in [5.41, 5.74) is -0.164. The van der Waals surface area contributed by atoms with Crippen LogP contribution >= 0.6 is 0 Å². The van der Waals surface area contributed by atoms with Gasteiger partial charge in [0, 0.05) is 19.1 Å². The van der Waals surface area contributed by atoms with Crippen molar-refractivity contribution in [1.82, 2.24) is 10.4 Å². The molecule has 3 aliphatic heterocycles. The second-order valence-corrected chi connectivity index (χ2v) is 4.89. The molecular weight excluding hydrogens is 180 g/mol. The van der Waals surface area contributed by atoms with Crippen molar-refractivity contribution in [2.45, 2.75) is 49.8 Å². The lowest BCUT2D eigenvalue weighted by Crippen LogP contribution is -2.48. The molecule has 14 heavy (non-hydrogen) atoms. The highest BCUT2D eigenvalue weighted by Gasteiger charge is 2.51. The number of nitrogens with one attached hydrogen (secondary N) is 1. The third kappa shape index (κ3) is 1.17. The second kappa shape index (κ2) is 2.70. The first-order valence-corrected chi connectivity index (χ1v) is 5.39. The third-order valence-electron chi connectivity index (χ3n) is 3.73. The molecule has 1 N–H and O–H groups in total. The van der Waals surface area contributed by atoms with Gasteiger partial charge in [-0.25, -0.2) is 5.06 Å². The first kappa shape index (κ1) is 8.68. The van der Waals surface area contributed by atoms with Gasteiger partial charge in [0.2, 0.25) is 5.91 Å². The Balaban J connectivity index is 1.82. The summed E-state index contributed by atoms with van der Waals surface area (Å²) in [5, 5.41) is 4.98. The number of nitrogens with zero attached hydrogens (tertiary/aromatic N) is 1. The van der Waals surface area contributed by atoms with Gasteiger partial charge >= 0.3 is 0 Å². The van der Waals surface area contributed by atoms with Gasteiger partial charge in [0.15, 0.2) is 0 Å². The minimum atomic E-state index is -0.164. The summed E-state index contributed by atoms with van der Waals surface area (Å²) in [6.45, 7) is 0. The molecule has 2 bridgehead atoms. The van der Waals surface area contributed by atoms with Gasteiger partial charge in [-0.3, -0.25) is 9.63 Å². The van der Waals surface area contributed by atoms with E-state index in [4.69, 9.17) is 4.84 Å². The third-order valence-corrected chi connectivity index (χ3v) is 3.73. The van der Waals surface area contributed by atoms with Crippen LogP contribution < -0.4 is 5.32 Å². The highest BCUT2D eigenvalue weighted by molar-refractivity contribution is 5.77. The maximum Gasteiger partial charge on any atom is 0.248 e. The van der Waals surface area contributed by atoms with Crippen molar-refractivity contribution in [2.75, 3.05) is 7.05 Å². The summed E-state index contributed by atoms with van der Waals surface area (Å²) in [7, 11) is 1.72. The molecule has 3 rings (SSSR count). The maximum absolute atomic E-state index is 11.5. The second-order valence-electron chi connectivity index (χ2n) is 4.89. The number of hydrogen-bond donors (Lipinski definition) is 1. The van der Waals surface area contributed by atoms with Gasteiger partial charge in [0.1, 0.15) is 5.60 Å². The molecule has 3 aliphatic rings. The van der Waals surface area contributed by atoms with Gasteiger partial charge in [0.25, 0.3) is 0 Å². The molecule has 3 atom stereocenters. The zero-order valence-corrected chi connectivity index (χ0v) is 8.45. The first-order chi connectivity index (χ1) is 6.67. The van der Waals surface area contributed by atoms with E-state index in [1.54, 1.807) is 7.05 Å². The number of piperidine rings is 1. The van der Waals surface area contributed by atoms with Crippen molar-refractivity contribution in [3.63, 3.8) is 0 Å². The number of amides is 1. The van der Waals surface area contributed by atoms with Gasteiger partial charge in [-0.2, -0.15) is 0 Å². The van der Waals surface area contributed by atoms with E-state index in [1.165, 1.54) is 17.9 Å². The number of hydroxylamine groups is 2. The summed E-state index contributed by atoms with van der Waals surface area (Å²) in [5.74, 6) is 0.131. The summed E-state index contributed by atoms with van der Waals surface area (Å²) in [6.07, 6.45) is 5.07. The molecule has 1 unspecified atom stereocenters. The number of hydrogen-bond acceptors (Lipinski definition) is 3. The molecular formula is C10H16N2O2. The maximum atomic E-state index is 11.5. The van der Waals surface area contributed by atoms with Crippen LogP contribution in [0.4, 0.5) is 0 Å². The van der Waals surface area contributed by atoms with E-state index in [0.29, 0.717) is 18.5 Å². The van der Waals surface area contributed by atoms with Crippen molar-refractivity contribution >= 4 is 5.91 Å². The molecule has 4 nitrogen and oxygen atoms in total. The van der Waals surface area contributed by atoms with Crippen LogP contribution in [0.3, 0.4) is 0 Å². The predicted molar refractivity (Wildman–Crippen MR) is 50.4 cm³/mol. The van der Waals surface area contributed by atoms with Gasteiger partial charge in [-0.1, -0.05) is 0 Å². The summed E-state index contributed by atoms with van der Waals surface area (Å²) >= 11 is 0. The summed E-state index contributed by atoms with van der Waals surface area (Å²) < 4.78 is 0. The monoisotopic (exact) mass is 196 g/mol. The minimum absolute atomic E-state index is 0.131. The highest BCUT2D eigenvalue weighted by Crippen LogP contribution is 2.42. The van der Waals surface area contributed by atoms with E-state index >= 15 is 0 Å². The molecule has 3 fully saturated rings. The van der Waals surface area contributed by atoms with Crippen LogP contribution in [-0.4, -0.2) is 35.7 Å². The molecule has 0 aromatic carbocycles. The number of carbonyl (C=O) groups excluding carboxylic acids is 1. The van der Waals surface area contributed by atoms with E-state index in [2.05, 4.69) is 5.32 Å². The highest BCUT2D eigenvalue weighted by atomic mass is 16.7. The van der Waals surface area contributed by atoms with Crippen LogP contribution in [0.25, 0.3) is 0 Å². The van der Waals surface area contributed by atoms with Gasteiger partial charge in [0.05, 0.1) is 6.42 Å². The zero-order chi connectivity index (χ0) is 9.76. The number of carbonyl (C=O) groups is 1. The van der Waals surface area contributed by atoms with E-state index < -0.39 is 0 Å². The Morgan fingerprint density at radius 3 is 2.57 bits per heavy atom. The Kier molecular flexibility index (Phi) is 1.67. The van der Waals surface area contributed by atoms with Gasteiger partial charge in [-0.05, 0) is 25.7 Å². The molecule has 1 spiro atoms. The van der Waals surface area contributed by atoms with E-state index in [-0.39, 0.29) is 11.5 Å². The molecule has 0 radical (unpaired) electrons. The fourth-order valence-electron chi connectivity index (χ4n) is 3.19. The lowest BCUT2D eigenvalue weighted by molar-refractivity contribution is -0.197. The minimum Gasteiger partial charge on any atom is -0.311 e. The predicted octanol–water partition coefficient (Wildman–Crippen LogP) is 0.433. The largest absolute Gasteiger partial charge is 0.311 e. The van der Waals surface area contributed by atoms with Crippen LogP contribution in [0.1, 0.15) is 32.1 Å². The average molecular weight is 196 g/mol. The molecule has 0 aromatic rings. The fourth-order valence-corrected chi connectivity index (χ4v) is 3.19. The Morgan fingerprint density at radius 1 is 1.43 bits per heavy atom. The van der Waals surface area contributed by atoms with Gasteiger partial charge < -0.3 is 5.32 Å². The van der Waals surface area contributed by atoms with E-state index in [9.17, 15) is 4.79 Å². The standard InChI is InChI=1S/C10H16N2O2/c1-12-9(13)6-10(14-12)4-7-2-3-8(5-10)11-7/h7-8,11H,2-6H2,1H3/t7-,8+,10?. The van der Waals surface area contributed by atoms with Crippen LogP contribution in [-0.2, 0) is 9.63 Å². The normalized spacial score (nSPS) is 46.6. The fraction of sp³-hybridized carbons (Fsp3) is 0.900. The van der Waals surface area contributed by atoms with Crippen LogP contribution in [0.15, 0.2) is 0 Å². The Bertz CT molecular complexity index is 267. The van der Waals surface area contributed by atoms with Crippen LogP contribution in [0.5, 0.6) is 0 Å². The molecule has 0 saturated carbocycles. The summed E-state index contributed by atoms with van der Waals surface area (Å²) in [4.78, 5) is 17.2. The van der Waals surface area contributed by atoms with Crippen molar-refractivity contribution in [3.8, 4) is 0 Å². The summed E-state index contributed by atoms with van der Waals surface area (Å²) in [6, 6.07) is 1.15. The SMILES string of the molecule is CN1OC2(CC1=O)C[C@H]1CC[C@@H](C2)N1. The number of fused-ring (bicyclic) bond motifs is 2. The van der Waals surface area contributed by atoms with Crippen molar-refractivity contribution in [1.29, 1.82) is 0 Å². The van der Waals surface area contributed by atoms with Crippen LogP contribution in [0, 0.1) is 0 Å². The van der Waals surface area contributed by atoms with Crippen molar-refractivity contribution < 1.29 is 9.63 Å². The van der Waals surface area contributed by atoms with E-state index in [1.807, 2.05) is 0 Å². The smallest absolute Gasteiger partial charge is 0.248 e. The molecule has 0 aromatic heterocycles. The van der Waals surface area contributed by atoms with Gasteiger partial charge in [-0.15, -0.1) is 0 Å². The molecule has 0 aliphatic carbocycles. The quantitative estimate of drug-likeness (QED) is 0.611. The Hall–Kier alpha value is -0.610. The van der Waals surface area contributed by atoms with E-state index in [0.717, 1.165) is 12.8 Å². The Morgan fingerprint density at radius 2 is 2.07 bits per heavy atom. The van der Waals surface area contributed by atoms with Crippen LogP contribution in [0.2, 0.25) is 0 Å². The lowest BCUT2D eigenvalue weighted by Gasteiger charge is -2.36.